The van der Waals surface area contributed by atoms with Crippen LogP contribution in [0.15, 0.2) is 267 Å². The van der Waals surface area contributed by atoms with E-state index in [1.807, 2.05) is 0 Å². The molecule has 0 fully saturated rings. The average molecular weight is 1040 g/mol. The van der Waals surface area contributed by atoms with E-state index in [4.69, 9.17) is 0 Å². The smallest absolute Gasteiger partial charge is 0.0541 e. The number of benzene rings is 12. The minimum absolute atomic E-state index is 0.341. The number of hydrogen-bond acceptors (Lipinski definition) is 0. The average Bonchev–Trinajstić information content (AvgIpc) is 4.11. The van der Waals surface area contributed by atoms with Crippen LogP contribution in [-0.4, -0.2) is 18.3 Å². The van der Waals surface area contributed by atoms with Crippen LogP contribution in [0.5, 0.6) is 0 Å². The lowest BCUT2D eigenvalue weighted by molar-refractivity contribution is 0.520. The molecule has 0 spiro atoms. The van der Waals surface area contributed by atoms with Gasteiger partial charge in [0.1, 0.15) is 0 Å². The molecule has 4 nitrogen and oxygen atoms in total. The zero-order chi connectivity index (χ0) is 53.5. The van der Waals surface area contributed by atoms with Crippen LogP contribution in [0.2, 0.25) is 0 Å². The Hall–Kier alpha value is -10.2. The summed E-state index contributed by atoms with van der Waals surface area (Å²) in [5.74, 6) is 0. The maximum absolute atomic E-state index is 2.51. The normalized spacial score (nSPS) is 13.0. The largest absolute Gasteiger partial charge is 0.309 e. The van der Waals surface area contributed by atoms with E-state index in [2.05, 4.69) is 299 Å². The van der Waals surface area contributed by atoms with Crippen LogP contribution in [0.1, 0.15) is 33.4 Å². The highest BCUT2D eigenvalue weighted by molar-refractivity contribution is 6.12. The third kappa shape index (κ3) is 6.77. The molecule has 382 valence electrons. The van der Waals surface area contributed by atoms with Gasteiger partial charge in [-0.1, -0.05) is 169 Å². The van der Waals surface area contributed by atoms with Crippen molar-refractivity contribution in [3.63, 3.8) is 0 Å². The maximum atomic E-state index is 2.51. The molecule has 0 amide bonds. The van der Waals surface area contributed by atoms with Crippen LogP contribution in [0, 0.1) is 13.8 Å². The Bertz CT molecular complexity index is 4810. The SMILES string of the molecule is Cc1ccc2c(c1)C(Cc1ccc3c(c1)c1ccccc1n3-c1ccc(-n3c4ccccc4c4ccccc43)cc1)(Cc1ccc3c(c1)c1ccccc1n3-c1ccc(-n3c4ccccc4c4ccccc43)cc1)c1cc(C)ccc1-2. The van der Waals surface area contributed by atoms with Gasteiger partial charge in [-0.05, 0) is 169 Å². The van der Waals surface area contributed by atoms with Crippen molar-refractivity contribution in [3.8, 4) is 33.9 Å². The zero-order valence-electron chi connectivity index (χ0n) is 45.1. The van der Waals surface area contributed by atoms with Gasteiger partial charge in [0, 0.05) is 71.3 Å². The van der Waals surface area contributed by atoms with E-state index in [1.165, 1.54) is 132 Å². The van der Waals surface area contributed by atoms with Gasteiger partial charge in [0.25, 0.3) is 0 Å². The Morgan fingerprint density at radius 2 is 0.506 bits per heavy atom. The van der Waals surface area contributed by atoms with E-state index in [-0.39, 0.29) is 5.41 Å². The second-order valence-electron chi connectivity index (χ2n) is 22.7. The van der Waals surface area contributed by atoms with Crippen molar-refractivity contribution in [2.45, 2.75) is 32.1 Å². The van der Waals surface area contributed by atoms with Crippen molar-refractivity contribution in [1.82, 2.24) is 18.3 Å². The second kappa shape index (κ2) is 17.4. The molecule has 12 aromatic carbocycles. The molecule has 4 heteroatoms. The van der Waals surface area contributed by atoms with Gasteiger partial charge in [-0.3, -0.25) is 0 Å². The Kier molecular flexibility index (Phi) is 9.85. The van der Waals surface area contributed by atoms with Crippen molar-refractivity contribution < 1.29 is 0 Å². The van der Waals surface area contributed by atoms with Crippen LogP contribution >= 0.6 is 0 Å². The maximum Gasteiger partial charge on any atom is 0.0541 e. The van der Waals surface area contributed by atoms with Crippen molar-refractivity contribution in [3.05, 3.63) is 300 Å². The van der Waals surface area contributed by atoms with Gasteiger partial charge in [-0.2, -0.15) is 0 Å². The minimum Gasteiger partial charge on any atom is -0.309 e. The Labute approximate surface area is 469 Å². The first-order valence-electron chi connectivity index (χ1n) is 28.4. The summed E-state index contributed by atoms with van der Waals surface area (Å²) in [7, 11) is 0. The molecule has 0 saturated heterocycles. The molecule has 16 aromatic rings. The third-order valence-corrected chi connectivity index (χ3v) is 18.0. The highest BCUT2D eigenvalue weighted by atomic mass is 15.0. The first-order chi connectivity index (χ1) is 40.0. The molecule has 1 aliphatic carbocycles. The van der Waals surface area contributed by atoms with E-state index in [0.29, 0.717) is 0 Å². The van der Waals surface area contributed by atoms with Gasteiger partial charge < -0.3 is 18.3 Å². The summed E-state index contributed by atoms with van der Waals surface area (Å²) in [6.07, 6.45) is 1.70. The topological polar surface area (TPSA) is 19.7 Å². The molecule has 0 radical (unpaired) electrons. The highest BCUT2D eigenvalue weighted by Crippen LogP contribution is 2.54. The Morgan fingerprint density at radius 1 is 0.247 bits per heavy atom. The first-order valence-corrected chi connectivity index (χ1v) is 28.4. The lowest BCUT2D eigenvalue weighted by Crippen LogP contribution is -2.31. The lowest BCUT2D eigenvalue weighted by Gasteiger charge is -2.33. The summed E-state index contributed by atoms with van der Waals surface area (Å²) in [6, 6.07) is 100. The number of para-hydroxylation sites is 6. The van der Waals surface area contributed by atoms with E-state index in [0.717, 1.165) is 35.6 Å². The number of fused-ring (bicyclic) bond motifs is 15. The molecule has 0 aliphatic heterocycles. The van der Waals surface area contributed by atoms with E-state index >= 15 is 0 Å². The summed E-state index contributed by atoms with van der Waals surface area (Å²) in [5, 5.41) is 10.1. The van der Waals surface area contributed by atoms with Crippen LogP contribution in [0.3, 0.4) is 0 Å². The molecular weight excluding hydrogens is 981 g/mol. The van der Waals surface area contributed by atoms with Gasteiger partial charge in [-0.25, -0.2) is 0 Å². The van der Waals surface area contributed by atoms with Gasteiger partial charge in [0.2, 0.25) is 0 Å². The van der Waals surface area contributed by atoms with E-state index in [9.17, 15) is 0 Å². The van der Waals surface area contributed by atoms with E-state index < -0.39 is 0 Å². The number of aromatic nitrogens is 4. The fourth-order valence-electron chi connectivity index (χ4n) is 14.6. The summed E-state index contributed by atoms with van der Waals surface area (Å²) < 4.78 is 9.71. The fraction of sp³-hybridized carbons (Fsp3) is 0.0649. The quantitative estimate of drug-likeness (QED) is 0.145. The zero-order valence-corrected chi connectivity index (χ0v) is 45.1. The molecular formula is C77H54N4. The summed E-state index contributed by atoms with van der Waals surface area (Å²) in [4.78, 5) is 0. The van der Waals surface area contributed by atoms with E-state index in [1.54, 1.807) is 0 Å². The molecule has 0 unspecified atom stereocenters. The second-order valence-corrected chi connectivity index (χ2v) is 22.7. The van der Waals surface area contributed by atoms with Crippen molar-refractivity contribution in [2.75, 3.05) is 0 Å². The molecule has 4 aromatic heterocycles. The molecule has 81 heavy (non-hydrogen) atoms. The predicted octanol–water partition coefficient (Wildman–Crippen LogP) is 19.4. The summed E-state index contributed by atoms with van der Waals surface area (Å²) >= 11 is 0. The van der Waals surface area contributed by atoms with Crippen LogP contribution < -0.4 is 0 Å². The monoisotopic (exact) mass is 1030 g/mol. The standard InChI is InChI=1S/C77H54N4/c1-49-27-39-57-58-40-28-50(2)44-68(58)77(67(57)43-49,47-51-29-41-75-65(45-51)63-19-7-13-25-73(63)80(75)55-35-31-53(32-36-55)78-69-21-9-3-15-59(69)60-16-4-10-22-70(60)78)48-52-30-42-76-66(46-52)64-20-8-14-26-74(64)81(76)56-37-33-54(34-38-56)79-71-23-11-5-17-61(71)62-18-6-12-24-72(62)79/h3-46H,47-48H2,1-2H3. The van der Waals surface area contributed by atoms with Crippen molar-refractivity contribution in [2.24, 2.45) is 0 Å². The molecule has 0 N–H and O–H groups in total. The molecule has 0 atom stereocenters. The highest BCUT2D eigenvalue weighted by Gasteiger charge is 2.44. The minimum atomic E-state index is -0.341. The van der Waals surface area contributed by atoms with Gasteiger partial charge in [0.15, 0.2) is 0 Å². The van der Waals surface area contributed by atoms with Gasteiger partial charge in [-0.15, -0.1) is 0 Å². The number of aryl methyl sites for hydroxylation is 2. The van der Waals surface area contributed by atoms with Crippen LogP contribution in [0.25, 0.3) is 121 Å². The predicted molar refractivity (Wildman–Crippen MR) is 340 cm³/mol. The molecule has 1 aliphatic rings. The molecule has 17 rings (SSSR count). The first kappa shape index (κ1) is 45.8. The lowest BCUT2D eigenvalue weighted by atomic mass is 9.69. The van der Waals surface area contributed by atoms with Gasteiger partial charge in [0.05, 0.1) is 44.1 Å². The van der Waals surface area contributed by atoms with Crippen LogP contribution in [0.4, 0.5) is 0 Å². The number of nitrogens with zero attached hydrogens (tertiary/aromatic N) is 4. The third-order valence-electron chi connectivity index (χ3n) is 18.0. The summed E-state index contributed by atoms with van der Waals surface area (Å²) in [5.41, 5.74) is 24.7. The molecule has 0 bridgehead atoms. The van der Waals surface area contributed by atoms with Gasteiger partial charge >= 0.3 is 0 Å². The Morgan fingerprint density at radius 3 is 0.802 bits per heavy atom. The Balaban J connectivity index is 0.782. The molecule has 4 heterocycles. The fourth-order valence-corrected chi connectivity index (χ4v) is 14.6. The number of hydrogen-bond donors (Lipinski definition) is 0. The summed E-state index contributed by atoms with van der Waals surface area (Å²) in [6.45, 7) is 4.51. The molecule has 0 saturated carbocycles. The van der Waals surface area contributed by atoms with Crippen LogP contribution in [-0.2, 0) is 18.3 Å². The number of rotatable bonds is 8. The van der Waals surface area contributed by atoms with Crippen molar-refractivity contribution >= 4 is 87.2 Å². The van der Waals surface area contributed by atoms with Crippen molar-refractivity contribution in [1.29, 1.82) is 0 Å².